The lowest BCUT2D eigenvalue weighted by Crippen LogP contribution is -2.40. The summed E-state index contributed by atoms with van der Waals surface area (Å²) >= 11 is 1.29. The van der Waals surface area contributed by atoms with E-state index in [-0.39, 0.29) is 11.4 Å². The van der Waals surface area contributed by atoms with E-state index in [1.54, 1.807) is 29.6 Å². The van der Waals surface area contributed by atoms with E-state index in [2.05, 4.69) is 10.3 Å². The van der Waals surface area contributed by atoms with Crippen molar-refractivity contribution in [3.63, 3.8) is 0 Å². The van der Waals surface area contributed by atoms with Crippen LogP contribution in [0.25, 0.3) is 11.3 Å². The molecular formula is C15H17N3O5S2. The van der Waals surface area contributed by atoms with E-state index in [1.165, 1.54) is 15.6 Å². The van der Waals surface area contributed by atoms with Gasteiger partial charge in [0.05, 0.1) is 23.8 Å². The molecule has 1 aromatic carbocycles. The van der Waals surface area contributed by atoms with Crippen molar-refractivity contribution < 1.29 is 23.1 Å². The predicted molar refractivity (Wildman–Crippen MR) is 93.3 cm³/mol. The minimum Gasteiger partial charge on any atom is -0.480 e. The van der Waals surface area contributed by atoms with Gasteiger partial charge in [-0.2, -0.15) is 4.31 Å². The van der Waals surface area contributed by atoms with Crippen LogP contribution >= 0.6 is 11.3 Å². The zero-order chi connectivity index (χ0) is 17.9. The van der Waals surface area contributed by atoms with Gasteiger partial charge in [-0.1, -0.05) is 12.1 Å². The third-order valence-corrected chi connectivity index (χ3v) is 6.37. The predicted octanol–water partition coefficient (Wildman–Crippen LogP) is 1.33. The van der Waals surface area contributed by atoms with E-state index < -0.39 is 16.0 Å². The van der Waals surface area contributed by atoms with Gasteiger partial charge in [-0.15, -0.1) is 11.3 Å². The van der Waals surface area contributed by atoms with Gasteiger partial charge in [0, 0.05) is 24.0 Å². The third-order valence-electron chi connectivity index (χ3n) is 3.65. The fraction of sp³-hybridized carbons (Fsp3) is 0.333. The number of carboxylic acids is 1. The SMILES string of the molecule is O=C(O)CNc1nc(-c2ccc(S(=O)(=O)N3CCOCC3)cc2)cs1. The number of thiazole rings is 1. The lowest BCUT2D eigenvalue weighted by atomic mass is 10.2. The van der Waals surface area contributed by atoms with Crippen LogP contribution in [0.5, 0.6) is 0 Å². The highest BCUT2D eigenvalue weighted by Crippen LogP contribution is 2.26. The van der Waals surface area contributed by atoms with Crippen molar-refractivity contribution in [2.45, 2.75) is 4.90 Å². The third kappa shape index (κ3) is 4.15. The molecule has 1 fully saturated rings. The van der Waals surface area contributed by atoms with E-state index in [0.717, 1.165) is 5.56 Å². The largest absolute Gasteiger partial charge is 0.480 e. The smallest absolute Gasteiger partial charge is 0.322 e. The molecule has 25 heavy (non-hydrogen) atoms. The van der Waals surface area contributed by atoms with Crippen molar-refractivity contribution in [2.75, 3.05) is 38.2 Å². The fourth-order valence-corrected chi connectivity index (χ4v) is 4.50. The minimum absolute atomic E-state index is 0.205. The quantitative estimate of drug-likeness (QED) is 0.774. The van der Waals surface area contributed by atoms with Crippen LogP contribution in [-0.2, 0) is 19.6 Å². The van der Waals surface area contributed by atoms with Gasteiger partial charge in [0.15, 0.2) is 5.13 Å². The Morgan fingerprint density at radius 2 is 1.96 bits per heavy atom. The van der Waals surface area contributed by atoms with Crippen LogP contribution in [0.1, 0.15) is 0 Å². The van der Waals surface area contributed by atoms with Crippen LogP contribution < -0.4 is 5.32 Å². The molecular weight excluding hydrogens is 366 g/mol. The number of morpholine rings is 1. The van der Waals surface area contributed by atoms with Crippen LogP contribution in [0, 0.1) is 0 Å². The molecule has 0 saturated carbocycles. The number of carbonyl (C=O) groups is 1. The van der Waals surface area contributed by atoms with Gasteiger partial charge in [0.2, 0.25) is 10.0 Å². The van der Waals surface area contributed by atoms with E-state index in [9.17, 15) is 13.2 Å². The molecule has 0 amide bonds. The second kappa shape index (κ2) is 7.48. The molecule has 134 valence electrons. The molecule has 10 heteroatoms. The van der Waals surface area contributed by atoms with Gasteiger partial charge in [0.25, 0.3) is 0 Å². The molecule has 0 aliphatic carbocycles. The molecule has 1 aliphatic rings. The van der Waals surface area contributed by atoms with Crippen LogP contribution in [0.4, 0.5) is 5.13 Å². The molecule has 0 spiro atoms. The molecule has 0 bridgehead atoms. The molecule has 3 rings (SSSR count). The Labute approximate surface area is 149 Å². The summed E-state index contributed by atoms with van der Waals surface area (Å²) in [5.74, 6) is -0.963. The number of sulfonamides is 1. The summed E-state index contributed by atoms with van der Waals surface area (Å²) in [4.78, 5) is 15.1. The summed E-state index contributed by atoms with van der Waals surface area (Å²) in [6.07, 6.45) is 0. The topological polar surface area (TPSA) is 109 Å². The standard InChI is InChI=1S/C15H17N3O5S2/c19-14(20)9-16-15-17-13(10-24-15)11-1-3-12(4-2-11)25(21,22)18-5-7-23-8-6-18/h1-4,10H,5-9H2,(H,16,17)(H,19,20). The number of carboxylic acid groups (broad SMARTS) is 1. The molecule has 1 saturated heterocycles. The van der Waals surface area contributed by atoms with Crippen molar-refractivity contribution in [3.8, 4) is 11.3 Å². The van der Waals surface area contributed by atoms with Gasteiger partial charge in [-0.05, 0) is 12.1 Å². The number of hydrogen-bond donors (Lipinski definition) is 2. The highest BCUT2D eigenvalue weighted by atomic mass is 32.2. The number of nitrogens with zero attached hydrogens (tertiary/aromatic N) is 2. The van der Waals surface area contributed by atoms with E-state index >= 15 is 0 Å². The molecule has 0 unspecified atom stereocenters. The highest BCUT2D eigenvalue weighted by Gasteiger charge is 2.26. The summed E-state index contributed by atoms with van der Waals surface area (Å²) in [5, 5.41) is 13.7. The number of nitrogens with one attached hydrogen (secondary N) is 1. The van der Waals surface area contributed by atoms with Gasteiger partial charge < -0.3 is 15.2 Å². The first-order chi connectivity index (χ1) is 12.0. The number of aromatic nitrogens is 1. The molecule has 0 atom stereocenters. The average Bonchev–Trinajstić information content (AvgIpc) is 3.10. The number of rotatable bonds is 6. The summed E-state index contributed by atoms with van der Waals surface area (Å²) < 4.78 is 31.8. The summed E-state index contributed by atoms with van der Waals surface area (Å²) in [7, 11) is -3.52. The number of ether oxygens (including phenoxy) is 1. The normalized spacial score (nSPS) is 15.8. The zero-order valence-corrected chi connectivity index (χ0v) is 14.8. The van der Waals surface area contributed by atoms with E-state index in [0.29, 0.717) is 37.1 Å². The van der Waals surface area contributed by atoms with E-state index in [1.807, 2.05) is 0 Å². The number of hydrogen-bond acceptors (Lipinski definition) is 7. The van der Waals surface area contributed by atoms with Gasteiger partial charge in [-0.3, -0.25) is 4.79 Å². The Balaban J connectivity index is 1.75. The van der Waals surface area contributed by atoms with Gasteiger partial charge >= 0.3 is 5.97 Å². The van der Waals surface area contributed by atoms with Crippen molar-refractivity contribution in [1.82, 2.24) is 9.29 Å². The summed E-state index contributed by atoms with van der Waals surface area (Å²) in [6, 6.07) is 6.51. The van der Waals surface area contributed by atoms with Crippen LogP contribution in [0.3, 0.4) is 0 Å². The van der Waals surface area contributed by atoms with Crippen molar-refractivity contribution in [3.05, 3.63) is 29.6 Å². The molecule has 2 N–H and O–H groups in total. The Bertz CT molecular complexity index is 842. The highest BCUT2D eigenvalue weighted by molar-refractivity contribution is 7.89. The molecule has 2 heterocycles. The lowest BCUT2D eigenvalue weighted by molar-refractivity contribution is -0.134. The Hall–Kier alpha value is -2.01. The summed E-state index contributed by atoms with van der Waals surface area (Å²) in [6.45, 7) is 1.32. The Morgan fingerprint density at radius 3 is 2.60 bits per heavy atom. The second-order valence-electron chi connectivity index (χ2n) is 5.33. The van der Waals surface area contributed by atoms with Crippen molar-refractivity contribution in [2.24, 2.45) is 0 Å². The van der Waals surface area contributed by atoms with Crippen molar-refractivity contribution >= 4 is 32.5 Å². The second-order valence-corrected chi connectivity index (χ2v) is 8.12. The first kappa shape index (κ1) is 17.8. The van der Waals surface area contributed by atoms with E-state index in [4.69, 9.17) is 9.84 Å². The first-order valence-corrected chi connectivity index (χ1v) is 9.88. The first-order valence-electron chi connectivity index (χ1n) is 7.56. The van der Waals surface area contributed by atoms with Gasteiger partial charge in [-0.25, -0.2) is 13.4 Å². The van der Waals surface area contributed by atoms with Crippen molar-refractivity contribution in [1.29, 1.82) is 0 Å². The fourth-order valence-electron chi connectivity index (χ4n) is 2.37. The van der Waals surface area contributed by atoms with Crippen LogP contribution in [0.2, 0.25) is 0 Å². The maximum Gasteiger partial charge on any atom is 0.322 e. The van der Waals surface area contributed by atoms with Crippen LogP contribution in [0.15, 0.2) is 34.5 Å². The molecule has 0 radical (unpaired) electrons. The Kier molecular flexibility index (Phi) is 5.33. The number of benzene rings is 1. The monoisotopic (exact) mass is 383 g/mol. The average molecular weight is 383 g/mol. The summed E-state index contributed by atoms with van der Waals surface area (Å²) in [5.41, 5.74) is 1.42. The van der Waals surface area contributed by atoms with Crippen LogP contribution in [-0.4, -0.2) is 61.6 Å². The number of aliphatic carboxylic acids is 1. The molecule has 1 aromatic heterocycles. The molecule has 2 aromatic rings. The Morgan fingerprint density at radius 1 is 1.28 bits per heavy atom. The number of anilines is 1. The maximum atomic E-state index is 12.6. The molecule has 8 nitrogen and oxygen atoms in total. The van der Waals surface area contributed by atoms with Gasteiger partial charge in [0.1, 0.15) is 6.54 Å². The minimum atomic E-state index is -3.52. The lowest BCUT2D eigenvalue weighted by Gasteiger charge is -2.26. The molecule has 1 aliphatic heterocycles. The maximum absolute atomic E-state index is 12.6. The zero-order valence-electron chi connectivity index (χ0n) is 13.2.